The second-order valence-electron chi connectivity index (χ2n) is 4.44. The number of nitrogens with two attached hydrogens (primary N) is 1. The van der Waals surface area contributed by atoms with Gasteiger partial charge in [0.1, 0.15) is 5.75 Å². The highest BCUT2D eigenvalue weighted by Gasteiger charge is 2.10. The number of fused-ring (bicyclic) bond motifs is 1. The molecule has 1 aromatic carbocycles. The number of anilines is 1. The van der Waals surface area contributed by atoms with E-state index in [1.165, 1.54) is 0 Å². The maximum Gasteiger partial charge on any atom is 0.265 e. The summed E-state index contributed by atoms with van der Waals surface area (Å²) in [6.45, 7) is 2.04. The third-order valence-corrected chi connectivity index (χ3v) is 3.47. The Hall–Kier alpha value is -2.31. The van der Waals surface area contributed by atoms with E-state index in [0.717, 1.165) is 17.0 Å². The lowest BCUT2D eigenvalue weighted by Crippen LogP contribution is -2.10. The molecule has 0 unspecified atom stereocenters. The average Bonchev–Trinajstić information content (AvgIpc) is 2.97. The molecule has 0 aliphatic rings. The maximum atomic E-state index is 6.11. The molecule has 0 spiro atoms. The van der Waals surface area contributed by atoms with Gasteiger partial charge in [0.25, 0.3) is 5.88 Å². The standard InChI is InChI=1S/C14H14ClN5O/c1-2-9-7-10(3-4-11(9)15)21-14-13-17-5-6-20(13)8-12(18-14)19-16/h3-8,19H,2,16H2,1H3. The lowest BCUT2D eigenvalue weighted by molar-refractivity contribution is 0.465. The number of hydrogen-bond donors (Lipinski definition) is 2. The Kier molecular flexibility index (Phi) is 3.64. The summed E-state index contributed by atoms with van der Waals surface area (Å²) in [5.41, 5.74) is 4.13. The fourth-order valence-corrected chi connectivity index (χ4v) is 2.29. The summed E-state index contributed by atoms with van der Waals surface area (Å²) in [4.78, 5) is 8.52. The molecule has 6 nitrogen and oxygen atoms in total. The molecule has 0 aliphatic heterocycles. The number of nitrogen functional groups attached to an aromatic ring is 1. The molecule has 2 aromatic heterocycles. The van der Waals surface area contributed by atoms with E-state index in [4.69, 9.17) is 22.2 Å². The lowest BCUT2D eigenvalue weighted by atomic mass is 10.1. The first-order valence-electron chi connectivity index (χ1n) is 6.48. The monoisotopic (exact) mass is 303 g/mol. The van der Waals surface area contributed by atoms with Gasteiger partial charge in [0.05, 0.1) is 6.20 Å². The van der Waals surface area contributed by atoms with Gasteiger partial charge in [-0.15, -0.1) is 0 Å². The van der Waals surface area contributed by atoms with Crippen LogP contribution in [0.5, 0.6) is 11.6 Å². The summed E-state index contributed by atoms with van der Waals surface area (Å²) in [5, 5.41) is 0.723. The molecular weight excluding hydrogens is 290 g/mol. The van der Waals surface area contributed by atoms with Gasteiger partial charge in [-0.25, -0.2) is 10.8 Å². The third kappa shape index (κ3) is 2.63. The number of imidazole rings is 1. The van der Waals surface area contributed by atoms with Crippen LogP contribution in [0.1, 0.15) is 12.5 Å². The molecule has 0 amide bonds. The van der Waals surface area contributed by atoms with E-state index in [9.17, 15) is 0 Å². The molecule has 3 rings (SSSR count). The molecule has 108 valence electrons. The molecular formula is C14H14ClN5O. The Balaban J connectivity index is 2.03. The normalized spacial score (nSPS) is 10.8. The molecule has 0 fully saturated rings. The Labute approximate surface area is 126 Å². The Morgan fingerprint density at radius 3 is 3.05 bits per heavy atom. The van der Waals surface area contributed by atoms with Gasteiger partial charge in [-0.05, 0) is 30.2 Å². The number of nitrogens with one attached hydrogen (secondary N) is 1. The van der Waals surface area contributed by atoms with Gasteiger partial charge in [0.15, 0.2) is 5.82 Å². The van der Waals surface area contributed by atoms with Crippen molar-refractivity contribution >= 4 is 23.1 Å². The first kappa shape index (κ1) is 13.7. The first-order valence-corrected chi connectivity index (χ1v) is 6.85. The number of hydrazine groups is 1. The van der Waals surface area contributed by atoms with Gasteiger partial charge in [-0.3, -0.25) is 4.40 Å². The molecule has 0 aliphatic carbocycles. The van der Waals surface area contributed by atoms with Crippen LogP contribution in [-0.4, -0.2) is 14.4 Å². The van der Waals surface area contributed by atoms with Crippen molar-refractivity contribution in [1.29, 1.82) is 0 Å². The summed E-state index contributed by atoms with van der Waals surface area (Å²) in [7, 11) is 0. The van der Waals surface area contributed by atoms with Gasteiger partial charge in [-0.1, -0.05) is 18.5 Å². The summed E-state index contributed by atoms with van der Waals surface area (Å²) < 4.78 is 7.63. The van der Waals surface area contributed by atoms with Crippen LogP contribution in [-0.2, 0) is 6.42 Å². The molecule has 3 aromatic rings. The van der Waals surface area contributed by atoms with Crippen LogP contribution in [0.4, 0.5) is 5.82 Å². The van der Waals surface area contributed by atoms with Crippen LogP contribution >= 0.6 is 11.6 Å². The summed E-state index contributed by atoms with van der Waals surface area (Å²) in [6.07, 6.45) is 6.02. The van der Waals surface area contributed by atoms with E-state index in [2.05, 4.69) is 15.4 Å². The molecule has 7 heteroatoms. The van der Waals surface area contributed by atoms with Crippen LogP contribution < -0.4 is 16.0 Å². The molecule has 0 atom stereocenters. The fraction of sp³-hybridized carbons (Fsp3) is 0.143. The lowest BCUT2D eigenvalue weighted by Gasteiger charge is -2.10. The van der Waals surface area contributed by atoms with Crippen molar-refractivity contribution in [2.75, 3.05) is 5.43 Å². The minimum atomic E-state index is 0.375. The average molecular weight is 304 g/mol. The third-order valence-electron chi connectivity index (χ3n) is 3.10. The van der Waals surface area contributed by atoms with E-state index in [1.807, 2.05) is 19.1 Å². The van der Waals surface area contributed by atoms with Crippen molar-refractivity contribution < 1.29 is 4.74 Å². The zero-order chi connectivity index (χ0) is 14.8. The van der Waals surface area contributed by atoms with Crippen LogP contribution in [0.15, 0.2) is 36.8 Å². The molecule has 21 heavy (non-hydrogen) atoms. The second-order valence-corrected chi connectivity index (χ2v) is 4.85. The van der Waals surface area contributed by atoms with E-state index in [0.29, 0.717) is 23.1 Å². The largest absolute Gasteiger partial charge is 0.436 e. The highest BCUT2D eigenvalue weighted by atomic mass is 35.5. The van der Waals surface area contributed by atoms with Gasteiger partial charge in [0, 0.05) is 17.4 Å². The van der Waals surface area contributed by atoms with Crippen LogP contribution in [0.2, 0.25) is 5.02 Å². The Bertz CT molecular complexity index is 786. The zero-order valence-corrected chi connectivity index (χ0v) is 12.1. The van der Waals surface area contributed by atoms with Crippen LogP contribution in [0.3, 0.4) is 0 Å². The molecule has 0 saturated carbocycles. The highest BCUT2D eigenvalue weighted by molar-refractivity contribution is 6.31. The number of rotatable bonds is 4. The Morgan fingerprint density at radius 1 is 1.43 bits per heavy atom. The number of ether oxygens (including phenoxy) is 1. The van der Waals surface area contributed by atoms with Gasteiger partial charge in [-0.2, -0.15) is 4.98 Å². The van der Waals surface area contributed by atoms with Crippen LogP contribution in [0.25, 0.3) is 5.65 Å². The van der Waals surface area contributed by atoms with E-state index in [-0.39, 0.29) is 0 Å². The van der Waals surface area contributed by atoms with E-state index >= 15 is 0 Å². The van der Waals surface area contributed by atoms with Crippen molar-refractivity contribution in [2.24, 2.45) is 5.84 Å². The topological polar surface area (TPSA) is 77.5 Å². The summed E-state index contributed by atoms with van der Waals surface area (Å²) in [6, 6.07) is 5.50. The van der Waals surface area contributed by atoms with Crippen molar-refractivity contribution in [2.45, 2.75) is 13.3 Å². The minimum Gasteiger partial charge on any atom is -0.436 e. The molecule has 3 N–H and O–H groups in total. The predicted octanol–water partition coefficient (Wildman–Crippen LogP) is 3.02. The summed E-state index contributed by atoms with van der Waals surface area (Å²) >= 11 is 6.11. The van der Waals surface area contributed by atoms with Crippen molar-refractivity contribution in [3.8, 4) is 11.6 Å². The maximum absolute atomic E-state index is 6.11. The SMILES string of the molecule is CCc1cc(Oc2nc(NN)cn3ccnc23)ccc1Cl. The highest BCUT2D eigenvalue weighted by Crippen LogP contribution is 2.28. The number of benzene rings is 1. The molecule has 0 radical (unpaired) electrons. The van der Waals surface area contributed by atoms with E-state index in [1.54, 1.807) is 29.1 Å². The van der Waals surface area contributed by atoms with Crippen molar-refractivity contribution in [1.82, 2.24) is 14.4 Å². The number of halogens is 1. The number of aromatic nitrogens is 3. The van der Waals surface area contributed by atoms with E-state index < -0.39 is 0 Å². The molecule has 0 saturated heterocycles. The van der Waals surface area contributed by atoms with Gasteiger partial charge >= 0.3 is 0 Å². The quantitative estimate of drug-likeness (QED) is 0.572. The molecule has 0 bridgehead atoms. The van der Waals surface area contributed by atoms with Crippen molar-refractivity contribution in [3.05, 3.63) is 47.4 Å². The minimum absolute atomic E-state index is 0.375. The smallest absolute Gasteiger partial charge is 0.265 e. The molecule has 2 heterocycles. The zero-order valence-electron chi connectivity index (χ0n) is 11.4. The first-order chi connectivity index (χ1) is 10.2. The number of hydrogen-bond acceptors (Lipinski definition) is 5. The van der Waals surface area contributed by atoms with Crippen molar-refractivity contribution in [3.63, 3.8) is 0 Å². The fourth-order valence-electron chi connectivity index (χ4n) is 2.04. The van der Waals surface area contributed by atoms with Crippen LogP contribution in [0, 0.1) is 0 Å². The predicted molar refractivity (Wildman–Crippen MR) is 81.7 cm³/mol. The number of aryl methyl sites for hydroxylation is 1. The van der Waals surface area contributed by atoms with Gasteiger partial charge in [0.2, 0.25) is 5.65 Å². The summed E-state index contributed by atoms with van der Waals surface area (Å²) in [5.74, 6) is 6.93. The van der Waals surface area contributed by atoms with Gasteiger partial charge < -0.3 is 10.2 Å². The Morgan fingerprint density at radius 2 is 2.29 bits per heavy atom. The number of nitrogens with zero attached hydrogens (tertiary/aromatic N) is 3. The second kappa shape index (κ2) is 5.59.